The molecule has 1 rings (SSSR count). The Bertz CT molecular complexity index is 467. The molecule has 0 spiro atoms. The molecule has 0 fully saturated rings. The summed E-state index contributed by atoms with van der Waals surface area (Å²) in [6.45, 7) is 0. The maximum atomic E-state index is 14.2. The lowest BCUT2D eigenvalue weighted by molar-refractivity contribution is -0.137. The van der Waals surface area contributed by atoms with Gasteiger partial charge in [0.05, 0.1) is 20.6 Å². The quantitative estimate of drug-likeness (QED) is 0.867. The van der Waals surface area contributed by atoms with E-state index in [9.17, 15) is 9.18 Å². The van der Waals surface area contributed by atoms with Crippen LogP contribution in [0.5, 0.6) is 11.5 Å². The summed E-state index contributed by atoms with van der Waals surface area (Å²) >= 11 is 3.14. The fourth-order valence-corrected chi connectivity index (χ4v) is 2.24. The average molecular weight is 322 g/mol. The van der Waals surface area contributed by atoms with E-state index >= 15 is 0 Å². The lowest BCUT2D eigenvalue weighted by atomic mass is 10.0. The second-order valence-corrected chi connectivity index (χ2v) is 4.38. The smallest absolute Gasteiger partial charge is 0.305 e. The molecule has 0 aliphatic heterocycles. The molecule has 0 heterocycles. The molecule has 100 valence electrons. The molecule has 0 aliphatic rings. The van der Waals surface area contributed by atoms with Gasteiger partial charge >= 0.3 is 5.97 Å². The second-order valence-electron chi connectivity index (χ2n) is 3.53. The largest absolute Gasteiger partial charge is 0.493 e. The van der Waals surface area contributed by atoms with Crippen molar-refractivity contribution in [2.24, 2.45) is 5.73 Å². The maximum Gasteiger partial charge on any atom is 0.305 e. The van der Waals surface area contributed by atoms with Crippen molar-refractivity contribution in [1.82, 2.24) is 0 Å². The van der Waals surface area contributed by atoms with Crippen molar-refractivity contribution >= 4 is 21.9 Å². The third-order valence-electron chi connectivity index (χ3n) is 2.36. The molecular formula is C11H13BrFNO4. The van der Waals surface area contributed by atoms with Gasteiger partial charge in [-0.05, 0) is 6.07 Å². The standard InChI is InChI=1S/C11H13BrFNO4/c1-17-7-3-5(12)9(6(14)4-8(15)16)10(13)11(7)18-2/h3,6H,4,14H2,1-2H3,(H,15,16). The van der Waals surface area contributed by atoms with Gasteiger partial charge in [0.1, 0.15) is 0 Å². The third kappa shape index (κ3) is 2.91. The molecule has 0 amide bonds. The van der Waals surface area contributed by atoms with E-state index in [0.29, 0.717) is 4.47 Å². The SMILES string of the molecule is COc1cc(Br)c(C(N)CC(=O)O)c(F)c1OC. The molecule has 18 heavy (non-hydrogen) atoms. The van der Waals surface area contributed by atoms with Crippen molar-refractivity contribution in [3.63, 3.8) is 0 Å². The molecule has 1 unspecified atom stereocenters. The minimum Gasteiger partial charge on any atom is -0.493 e. The molecule has 0 bridgehead atoms. The molecule has 0 aliphatic carbocycles. The lowest BCUT2D eigenvalue weighted by Gasteiger charge is -2.17. The molecule has 0 radical (unpaired) electrons. The number of halogens is 2. The number of hydrogen-bond acceptors (Lipinski definition) is 4. The van der Waals surface area contributed by atoms with Crippen LogP contribution in [0.2, 0.25) is 0 Å². The summed E-state index contributed by atoms with van der Waals surface area (Å²) in [6, 6.07) is 0.510. The zero-order valence-corrected chi connectivity index (χ0v) is 11.5. The van der Waals surface area contributed by atoms with Gasteiger partial charge in [0.2, 0.25) is 0 Å². The Hall–Kier alpha value is -1.34. The van der Waals surface area contributed by atoms with E-state index in [1.165, 1.54) is 20.3 Å². The van der Waals surface area contributed by atoms with Gasteiger partial charge in [-0.3, -0.25) is 4.79 Å². The highest BCUT2D eigenvalue weighted by Gasteiger charge is 2.24. The van der Waals surface area contributed by atoms with Crippen LogP contribution in [0.1, 0.15) is 18.0 Å². The first-order valence-corrected chi connectivity index (χ1v) is 5.78. The Kier molecular flexibility index (Phi) is 4.92. The third-order valence-corrected chi connectivity index (χ3v) is 3.02. The monoisotopic (exact) mass is 321 g/mol. The van der Waals surface area contributed by atoms with Crippen LogP contribution >= 0.6 is 15.9 Å². The summed E-state index contributed by atoms with van der Waals surface area (Å²) in [5.41, 5.74) is 5.72. The molecule has 1 atom stereocenters. The molecular weight excluding hydrogens is 309 g/mol. The lowest BCUT2D eigenvalue weighted by Crippen LogP contribution is -2.17. The van der Waals surface area contributed by atoms with Gasteiger partial charge in [-0.15, -0.1) is 0 Å². The van der Waals surface area contributed by atoms with E-state index in [0.717, 1.165) is 0 Å². The molecule has 3 N–H and O–H groups in total. The van der Waals surface area contributed by atoms with Gasteiger partial charge in [0.15, 0.2) is 17.3 Å². The highest BCUT2D eigenvalue weighted by Crippen LogP contribution is 2.39. The van der Waals surface area contributed by atoms with Crippen LogP contribution in [0.25, 0.3) is 0 Å². The molecule has 1 aromatic rings. The van der Waals surface area contributed by atoms with Crippen molar-refractivity contribution in [2.45, 2.75) is 12.5 Å². The number of methoxy groups -OCH3 is 2. The van der Waals surface area contributed by atoms with Gasteiger partial charge in [-0.2, -0.15) is 0 Å². The van der Waals surface area contributed by atoms with Crippen LogP contribution in [0.4, 0.5) is 4.39 Å². The molecule has 0 saturated carbocycles. The number of carboxylic acid groups (broad SMARTS) is 1. The Morgan fingerprint density at radius 2 is 2.17 bits per heavy atom. The van der Waals surface area contributed by atoms with E-state index in [1.54, 1.807) is 0 Å². The average Bonchev–Trinajstić information content (AvgIpc) is 2.27. The first-order chi connectivity index (χ1) is 8.42. The van der Waals surface area contributed by atoms with Gasteiger partial charge in [-0.25, -0.2) is 4.39 Å². The van der Waals surface area contributed by atoms with Crippen LogP contribution in [-0.2, 0) is 4.79 Å². The van der Waals surface area contributed by atoms with Gasteiger partial charge in [0.25, 0.3) is 0 Å². The number of aliphatic carboxylic acids is 1. The first kappa shape index (κ1) is 14.7. The maximum absolute atomic E-state index is 14.2. The van der Waals surface area contributed by atoms with E-state index in [2.05, 4.69) is 15.9 Å². The molecule has 0 saturated heterocycles. The van der Waals surface area contributed by atoms with Crippen molar-refractivity contribution < 1.29 is 23.8 Å². The van der Waals surface area contributed by atoms with Crippen LogP contribution in [0.15, 0.2) is 10.5 Å². The molecule has 0 aromatic heterocycles. The molecule has 7 heteroatoms. The molecule has 1 aromatic carbocycles. The van der Waals surface area contributed by atoms with Gasteiger partial charge in [0, 0.05) is 16.1 Å². The number of ether oxygens (including phenoxy) is 2. The van der Waals surface area contributed by atoms with Crippen molar-refractivity contribution in [1.29, 1.82) is 0 Å². The minimum atomic E-state index is -1.11. The Morgan fingerprint density at radius 3 is 2.61 bits per heavy atom. The highest BCUT2D eigenvalue weighted by molar-refractivity contribution is 9.10. The van der Waals surface area contributed by atoms with Crippen molar-refractivity contribution in [3.05, 3.63) is 21.9 Å². The fourth-order valence-electron chi connectivity index (χ4n) is 1.57. The topological polar surface area (TPSA) is 81.8 Å². The number of carbonyl (C=O) groups is 1. The summed E-state index contributed by atoms with van der Waals surface area (Å²) in [4.78, 5) is 10.6. The second kappa shape index (κ2) is 6.01. The summed E-state index contributed by atoms with van der Waals surface area (Å²) in [5.74, 6) is -1.73. The Balaban J connectivity index is 3.31. The number of benzene rings is 1. The predicted molar refractivity (Wildman–Crippen MR) is 66.4 cm³/mol. The van der Waals surface area contributed by atoms with E-state index in [4.69, 9.17) is 20.3 Å². The summed E-state index contributed by atoms with van der Waals surface area (Å²) in [6.07, 6.45) is -0.384. The van der Waals surface area contributed by atoms with Crippen LogP contribution in [-0.4, -0.2) is 25.3 Å². The zero-order valence-electron chi connectivity index (χ0n) is 9.87. The summed E-state index contributed by atoms with van der Waals surface area (Å²) in [7, 11) is 2.67. The normalized spacial score (nSPS) is 12.1. The predicted octanol–water partition coefficient (Wildman–Crippen LogP) is 2.08. The zero-order chi connectivity index (χ0) is 13.9. The number of hydrogen-bond donors (Lipinski definition) is 2. The Labute approximate surface area is 112 Å². The van der Waals surface area contributed by atoms with Gasteiger partial charge in [-0.1, -0.05) is 15.9 Å². The van der Waals surface area contributed by atoms with Crippen LogP contribution < -0.4 is 15.2 Å². The first-order valence-electron chi connectivity index (χ1n) is 4.99. The number of rotatable bonds is 5. The van der Waals surface area contributed by atoms with Crippen LogP contribution in [0, 0.1) is 5.82 Å². The van der Waals surface area contributed by atoms with E-state index in [-0.39, 0.29) is 23.5 Å². The minimum absolute atomic E-state index is 0.0510. The van der Waals surface area contributed by atoms with E-state index in [1.807, 2.05) is 0 Å². The fraction of sp³-hybridized carbons (Fsp3) is 0.364. The van der Waals surface area contributed by atoms with Crippen LogP contribution in [0.3, 0.4) is 0 Å². The van der Waals surface area contributed by atoms with Gasteiger partial charge < -0.3 is 20.3 Å². The summed E-state index contributed by atoms with van der Waals surface area (Å²) in [5, 5.41) is 8.68. The summed E-state index contributed by atoms with van der Waals surface area (Å²) < 4.78 is 24.4. The van der Waals surface area contributed by atoms with Crippen molar-refractivity contribution in [2.75, 3.05) is 14.2 Å². The van der Waals surface area contributed by atoms with E-state index < -0.39 is 17.8 Å². The van der Waals surface area contributed by atoms with Crippen molar-refractivity contribution in [3.8, 4) is 11.5 Å². The molecule has 5 nitrogen and oxygen atoms in total. The Morgan fingerprint density at radius 1 is 1.56 bits per heavy atom. The highest BCUT2D eigenvalue weighted by atomic mass is 79.9. The number of carboxylic acids is 1. The number of nitrogens with two attached hydrogens (primary N) is 1.